The number of carbonyl (C=O) groups is 4. The molecule has 0 fully saturated rings. The van der Waals surface area contributed by atoms with E-state index in [0.29, 0.717) is 13.1 Å². The number of nitrogens with one attached hydrogen (secondary N) is 2. The number of thiophene rings is 1. The van der Waals surface area contributed by atoms with Gasteiger partial charge in [-0.3, -0.25) is 9.59 Å². The summed E-state index contributed by atoms with van der Waals surface area (Å²) in [4.78, 5) is 48.6. The number of amides is 2. The van der Waals surface area contributed by atoms with Crippen molar-refractivity contribution in [2.75, 3.05) is 13.1 Å². The monoisotopic (exact) mass is 426 g/mol. The predicted octanol–water partition coefficient (Wildman–Crippen LogP) is 2.38. The first-order valence-electron chi connectivity index (χ1n) is 9.58. The molecule has 1 aromatic rings. The zero-order valence-electron chi connectivity index (χ0n) is 17.7. The van der Waals surface area contributed by atoms with Crippen LogP contribution in [0.1, 0.15) is 60.9 Å². The lowest BCUT2D eigenvalue weighted by Gasteiger charge is -2.14. The summed E-state index contributed by atoms with van der Waals surface area (Å²) in [5.74, 6) is -1.62. The highest BCUT2D eigenvalue weighted by molar-refractivity contribution is 7.15. The number of esters is 2. The van der Waals surface area contributed by atoms with Gasteiger partial charge in [0, 0.05) is 13.1 Å². The van der Waals surface area contributed by atoms with Crippen molar-refractivity contribution in [3.63, 3.8) is 0 Å². The van der Waals surface area contributed by atoms with Gasteiger partial charge in [0.15, 0.2) is 12.2 Å². The minimum atomic E-state index is -0.955. The van der Waals surface area contributed by atoms with Crippen molar-refractivity contribution in [1.29, 1.82) is 0 Å². The molecule has 0 spiro atoms. The summed E-state index contributed by atoms with van der Waals surface area (Å²) in [5.41, 5.74) is 0. The molecule has 0 aromatic carbocycles. The third-order valence-electron chi connectivity index (χ3n) is 3.68. The highest BCUT2D eigenvalue weighted by atomic mass is 32.1. The fourth-order valence-electron chi connectivity index (χ4n) is 2.00. The topological polar surface area (TPSA) is 111 Å². The Morgan fingerprint density at radius 1 is 0.759 bits per heavy atom. The Balaban J connectivity index is 2.59. The smallest absolute Gasteiger partial charge is 0.349 e. The van der Waals surface area contributed by atoms with Crippen molar-refractivity contribution in [3.8, 4) is 0 Å². The van der Waals surface area contributed by atoms with Crippen LogP contribution < -0.4 is 10.6 Å². The van der Waals surface area contributed by atoms with Gasteiger partial charge in [-0.25, -0.2) is 9.59 Å². The lowest BCUT2D eigenvalue weighted by atomic mass is 10.2. The van der Waals surface area contributed by atoms with Crippen LogP contribution in [0.15, 0.2) is 12.1 Å². The van der Waals surface area contributed by atoms with Gasteiger partial charge >= 0.3 is 11.9 Å². The van der Waals surface area contributed by atoms with Gasteiger partial charge in [0.2, 0.25) is 0 Å². The van der Waals surface area contributed by atoms with Crippen LogP contribution in [-0.2, 0) is 19.1 Å². The molecular formula is C20H30N2O6S. The third-order valence-corrected chi connectivity index (χ3v) is 4.73. The highest BCUT2D eigenvalue weighted by Gasteiger charge is 2.23. The molecular weight excluding hydrogens is 396 g/mol. The van der Waals surface area contributed by atoms with Crippen molar-refractivity contribution < 1.29 is 28.7 Å². The van der Waals surface area contributed by atoms with E-state index in [2.05, 4.69) is 10.6 Å². The van der Waals surface area contributed by atoms with Crippen LogP contribution >= 0.6 is 11.3 Å². The highest BCUT2D eigenvalue weighted by Crippen LogP contribution is 2.19. The van der Waals surface area contributed by atoms with E-state index in [-0.39, 0.29) is 33.4 Å². The summed E-state index contributed by atoms with van der Waals surface area (Å²) in [5, 5.41) is 5.37. The quantitative estimate of drug-likeness (QED) is 0.556. The molecule has 1 aromatic heterocycles. The Kier molecular flexibility index (Phi) is 9.80. The van der Waals surface area contributed by atoms with Crippen molar-refractivity contribution >= 4 is 35.1 Å². The number of hydrogen-bond acceptors (Lipinski definition) is 7. The molecule has 8 nitrogen and oxygen atoms in total. The maximum atomic E-state index is 12.2. The molecule has 29 heavy (non-hydrogen) atoms. The van der Waals surface area contributed by atoms with E-state index in [0.717, 1.165) is 11.3 Å². The van der Waals surface area contributed by atoms with Gasteiger partial charge in [-0.05, 0) is 37.8 Å². The minimum Gasteiger partial charge on any atom is -0.448 e. The molecule has 2 amide bonds. The molecule has 2 atom stereocenters. The second-order valence-corrected chi connectivity index (χ2v) is 8.62. The normalized spacial score (nSPS) is 13.0. The van der Waals surface area contributed by atoms with Crippen molar-refractivity contribution in [2.45, 2.75) is 53.8 Å². The summed E-state index contributed by atoms with van der Waals surface area (Å²) >= 11 is 0.881. The first kappa shape index (κ1) is 24.6. The van der Waals surface area contributed by atoms with Crippen LogP contribution in [0.2, 0.25) is 0 Å². The standard InChI is InChI=1S/C20H30N2O6S/c1-11(2)9-21-17(23)13(5)27-19(25)15-7-8-16(29-15)20(26)28-14(6)18(24)22-10-12(3)4/h7-8,11-14H,9-10H2,1-6H3,(H,21,23)(H,22,24)/t13-,14-/m0/s1. The Bertz CT molecular complexity index is 670. The molecule has 0 aliphatic heterocycles. The van der Waals surface area contributed by atoms with Crippen LogP contribution in [-0.4, -0.2) is 49.1 Å². The van der Waals surface area contributed by atoms with Crippen LogP contribution in [0.3, 0.4) is 0 Å². The maximum absolute atomic E-state index is 12.2. The van der Waals surface area contributed by atoms with E-state index in [9.17, 15) is 19.2 Å². The van der Waals surface area contributed by atoms with Crippen molar-refractivity contribution in [2.24, 2.45) is 11.8 Å². The Morgan fingerprint density at radius 3 is 1.41 bits per heavy atom. The number of rotatable bonds is 10. The van der Waals surface area contributed by atoms with E-state index in [1.807, 2.05) is 27.7 Å². The summed E-state index contributed by atoms with van der Waals surface area (Å²) < 4.78 is 10.3. The SMILES string of the molecule is CC(C)CNC(=O)[C@H](C)OC(=O)c1ccc(C(=O)O[C@@H](C)C(=O)NCC(C)C)s1. The van der Waals surface area contributed by atoms with Gasteiger partial charge in [0.05, 0.1) is 0 Å². The summed E-state index contributed by atoms with van der Waals surface area (Å²) in [6, 6.07) is 2.84. The van der Waals surface area contributed by atoms with Crippen molar-refractivity contribution in [1.82, 2.24) is 10.6 Å². The van der Waals surface area contributed by atoms with E-state index < -0.39 is 24.1 Å². The zero-order chi connectivity index (χ0) is 22.1. The number of ether oxygens (including phenoxy) is 2. The second kappa shape index (κ2) is 11.5. The minimum absolute atomic E-state index is 0.164. The van der Waals surface area contributed by atoms with E-state index >= 15 is 0 Å². The molecule has 1 rings (SSSR count). The Morgan fingerprint density at radius 2 is 1.10 bits per heavy atom. The van der Waals surface area contributed by atoms with Gasteiger partial charge in [0.1, 0.15) is 9.75 Å². The van der Waals surface area contributed by atoms with E-state index in [1.165, 1.54) is 26.0 Å². The molecule has 0 bridgehead atoms. The lowest BCUT2D eigenvalue weighted by molar-refractivity contribution is -0.129. The van der Waals surface area contributed by atoms with Crippen LogP contribution in [0.25, 0.3) is 0 Å². The van der Waals surface area contributed by atoms with Gasteiger partial charge in [0.25, 0.3) is 11.8 Å². The Labute approximate surface area is 175 Å². The van der Waals surface area contributed by atoms with Gasteiger partial charge in [-0.2, -0.15) is 0 Å². The van der Waals surface area contributed by atoms with E-state index in [1.54, 1.807) is 0 Å². The van der Waals surface area contributed by atoms with Gasteiger partial charge in [-0.1, -0.05) is 27.7 Å². The number of carbonyl (C=O) groups excluding carboxylic acids is 4. The maximum Gasteiger partial charge on any atom is 0.349 e. The molecule has 0 unspecified atom stereocenters. The molecule has 0 saturated carbocycles. The predicted molar refractivity (Wildman–Crippen MR) is 110 cm³/mol. The fraction of sp³-hybridized carbons (Fsp3) is 0.600. The second-order valence-electron chi connectivity index (χ2n) is 7.54. The van der Waals surface area contributed by atoms with Gasteiger partial charge in [-0.15, -0.1) is 11.3 Å². The van der Waals surface area contributed by atoms with E-state index in [4.69, 9.17) is 9.47 Å². The molecule has 2 N–H and O–H groups in total. The largest absolute Gasteiger partial charge is 0.448 e. The average Bonchev–Trinajstić information content (AvgIpc) is 3.14. The summed E-state index contributed by atoms with van der Waals surface area (Å²) in [6.45, 7) is 11.8. The molecule has 0 saturated heterocycles. The molecule has 9 heteroatoms. The van der Waals surface area contributed by atoms with Gasteiger partial charge < -0.3 is 20.1 Å². The first-order valence-corrected chi connectivity index (χ1v) is 10.4. The van der Waals surface area contributed by atoms with Crippen LogP contribution in [0, 0.1) is 11.8 Å². The lowest BCUT2D eigenvalue weighted by Crippen LogP contribution is -2.37. The molecule has 0 aliphatic carbocycles. The molecule has 0 radical (unpaired) electrons. The summed E-state index contributed by atoms with van der Waals surface area (Å²) in [7, 11) is 0. The third kappa shape index (κ3) is 8.64. The first-order chi connectivity index (χ1) is 13.5. The fourth-order valence-corrected chi connectivity index (χ4v) is 2.77. The number of hydrogen-bond donors (Lipinski definition) is 2. The molecule has 162 valence electrons. The Hall–Kier alpha value is -2.42. The molecule has 1 heterocycles. The zero-order valence-corrected chi connectivity index (χ0v) is 18.6. The molecule has 0 aliphatic rings. The average molecular weight is 427 g/mol. The van der Waals surface area contributed by atoms with Crippen LogP contribution in [0.5, 0.6) is 0 Å². The summed E-state index contributed by atoms with van der Waals surface area (Å²) in [6.07, 6.45) is -1.91. The van der Waals surface area contributed by atoms with Crippen LogP contribution in [0.4, 0.5) is 0 Å². The van der Waals surface area contributed by atoms with Crippen molar-refractivity contribution in [3.05, 3.63) is 21.9 Å².